The van der Waals surface area contributed by atoms with Crippen molar-refractivity contribution in [3.63, 3.8) is 0 Å². The van der Waals surface area contributed by atoms with E-state index in [0.717, 1.165) is 25.9 Å². The molecule has 1 aliphatic heterocycles. The Labute approximate surface area is 134 Å². The summed E-state index contributed by atoms with van der Waals surface area (Å²) in [6, 6.07) is 8.98. The molecule has 0 spiro atoms. The molecule has 1 heterocycles. The van der Waals surface area contributed by atoms with Crippen LogP contribution in [0.5, 0.6) is 0 Å². The van der Waals surface area contributed by atoms with Gasteiger partial charge in [0.25, 0.3) is 0 Å². The van der Waals surface area contributed by atoms with Crippen LogP contribution in [0.4, 0.5) is 4.79 Å². The molecule has 2 rings (SSSR count). The van der Waals surface area contributed by atoms with Gasteiger partial charge in [-0.2, -0.15) is 0 Å². The third kappa shape index (κ3) is 4.49. The highest BCUT2D eigenvalue weighted by Crippen LogP contribution is 2.29. The summed E-state index contributed by atoms with van der Waals surface area (Å²) >= 11 is 0. The molecule has 1 aromatic rings. The summed E-state index contributed by atoms with van der Waals surface area (Å²) in [7, 11) is 0. The summed E-state index contributed by atoms with van der Waals surface area (Å²) < 4.78 is 5.45. The molecule has 1 saturated heterocycles. The summed E-state index contributed by atoms with van der Waals surface area (Å²) in [5, 5.41) is 0. The fourth-order valence-corrected chi connectivity index (χ4v) is 2.87. The van der Waals surface area contributed by atoms with Crippen molar-refractivity contribution >= 4 is 6.09 Å². The van der Waals surface area contributed by atoms with Crippen LogP contribution in [0.25, 0.3) is 0 Å². The molecule has 122 valence electrons. The van der Waals surface area contributed by atoms with Crippen LogP contribution in [0.15, 0.2) is 24.3 Å². The molecular weight excluding hydrogens is 274 g/mol. The predicted octanol–water partition coefficient (Wildman–Crippen LogP) is 4.92. The molecule has 1 amide bonds. The first kappa shape index (κ1) is 16.9. The van der Waals surface area contributed by atoms with Crippen LogP contribution < -0.4 is 0 Å². The summed E-state index contributed by atoms with van der Waals surface area (Å²) in [5.41, 5.74) is 2.36. The first-order valence-corrected chi connectivity index (χ1v) is 8.34. The fraction of sp³-hybridized carbons (Fsp3) is 0.632. The number of piperidine rings is 1. The van der Waals surface area contributed by atoms with Crippen molar-refractivity contribution in [1.82, 2.24) is 4.90 Å². The minimum absolute atomic E-state index is 0.180. The molecule has 0 unspecified atom stereocenters. The van der Waals surface area contributed by atoms with Gasteiger partial charge in [-0.05, 0) is 56.6 Å². The zero-order chi connectivity index (χ0) is 16.3. The third-order valence-corrected chi connectivity index (χ3v) is 4.22. The molecule has 0 N–H and O–H groups in total. The third-order valence-electron chi connectivity index (χ3n) is 4.22. The maximum atomic E-state index is 12.1. The van der Waals surface area contributed by atoms with E-state index in [4.69, 9.17) is 4.74 Å². The smallest absolute Gasteiger partial charge is 0.410 e. The Balaban J connectivity index is 1.90. The van der Waals surface area contributed by atoms with Gasteiger partial charge in [-0.15, -0.1) is 0 Å². The Morgan fingerprint density at radius 2 is 1.68 bits per heavy atom. The normalized spacial score (nSPS) is 16.9. The van der Waals surface area contributed by atoms with Gasteiger partial charge < -0.3 is 9.64 Å². The molecular formula is C19H29NO2. The Morgan fingerprint density at radius 3 is 2.14 bits per heavy atom. The van der Waals surface area contributed by atoms with Crippen LogP contribution >= 0.6 is 0 Å². The van der Waals surface area contributed by atoms with E-state index < -0.39 is 5.60 Å². The van der Waals surface area contributed by atoms with Gasteiger partial charge in [-0.3, -0.25) is 0 Å². The first-order valence-electron chi connectivity index (χ1n) is 8.34. The molecule has 0 saturated carbocycles. The predicted molar refractivity (Wildman–Crippen MR) is 90.3 cm³/mol. The van der Waals surface area contributed by atoms with Gasteiger partial charge in [-0.1, -0.05) is 38.1 Å². The number of benzene rings is 1. The van der Waals surface area contributed by atoms with Crippen LogP contribution in [0.3, 0.4) is 0 Å². The number of rotatable bonds is 2. The average molecular weight is 303 g/mol. The Hall–Kier alpha value is -1.51. The van der Waals surface area contributed by atoms with E-state index in [-0.39, 0.29) is 6.09 Å². The summed E-state index contributed by atoms with van der Waals surface area (Å²) in [5.74, 6) is 1.13. The van der Waals surface area contributed by atoms with Crippen molar-refractivity contribution in [2.75, 3.05) is 13.1 Å². The van der Waals surface area contributed by atoms with E-state index in [1.807, 2.05) is 25.7 Å². The zero-order valence-corrected chi connectivity index (χ0v) is 14.6. The van der Waals surface area contributed by atoms with E-state index in [1.165, 1.54) is 11.1 Å². The largest absolute Gasteiger partial charge is 0.444 e. The average Bonchev–Trinajstić information content (AvgIpc) is 2.46. The number of amides is 1. The molecule has 1 aliphatic rings. The summed E-state index contributed by atoms with van der Waals surface area (Å²) in [4.78, 5) is 13.9. The molecule has 0 bridgehead atoms. The lowest BCUT2D eigenvalue weighted by Gasteiger charge is -2.33. The lowest BCUT2D eigenvalue weighted by molar-refractivity contribution is 0.0205. The monoisotopic (exact) mass is 303 g/mol. The highest BCUT2D eigenvalue weighted by atomic mass is 16.6. The van der Waals surface area contributed by atoms with Gasteiger partial charge in [0.05, 0.1) is 0 Å². The maximum absolute atomic E-state index is 12.1. The Kier molecular flexibility index (Phi) is 5.15. The fourth-order valence-electron chi connectivity index (χ4n) is 2.87. The zero-order valence-electron chi connectivity index (χ0n) is 14.6. The van der Waals surface area contributed by atoms with E-state index in [0.29, 0.717) is 11.8 Å². The number of carbonyl (C=O) groups excluding carboxylic acids is 1. The van der Waals surface area contributed by atoms with Crippen LogP contribution in [-0.2, 0) is 4.74 Å². The van der Waals surface area contributed by atoms with Gasteiger partial charge >= 0.3 is 6.09 Å². The molecule has 0 atom stereocenters. The Morgan fingerprint density at radius 1 is 1.14 bits per heavy atom. The number of nitrogens with zero attached hydrogens (tertiary/aromatic N) is 1. The van der Waals surface area contributed by atoms with Gasteiger partial charge in [0.2, 0.25) is 0 Å². The van der Waals surface area contributed by atoms with Crippen LogP contribution in [0.2, 0.25) is 0 Å². The van der Waals surface area contributed by atoms with Gasteiger partial charge in [-0.25, -0.2) is 4.79 Å². The molecule has 1 aromatic carbocycles. The molecule has 0 aliphatic carbocycles. The van der Waals surface area contributed by atoms with Crippen LogP contribution in [0.1, 0.15) is 70.4 Å². The summed E-state index contributed by atoms with van der Waals surface area (Å²) in [6.07, 6.45) is 1.85. The van der Waals surface area contributed by atoms with Crippen molar-refractivity contribution in [3.8, 4) is 0 Å². The topological polar surface area (TPSA) is 29.5 Å². The lowest BCUT2D eigenvalue weighted by atomic mass is 9.88. The number of hydrogen-bond acceptors (Lipinski definition) is 2. The molecule has 1 fully saturated rings. The highest BCUT2D eigenvalue weighted by molar-refractivity contribution is 5.68. The second-order valence-corrected chi connectivity index (χ2v) is 7.56. The SMILES string of the molecule is CC(C)c1ccc(C2CCN(C(=O)OC(C)(C)C)CC2)cc1. The number of hydrogen-bond donors (Lipinski definition) is 0. The standard InChI is InChI=1S/C19H29NO2/c1-14(2)15-6-8-16(9-7-15)17-10-12-20(13-11-17)18(21)22-19(3,4)5/h6-9,14,17H,10-13H2,1-5H3. The highest BCUT2D eigenvalue weighted by Gasteiger charge is 2.27. The minimum atomic E-state index is -0.416. The van der Waals surface area contributed by atoms with E-state index in [9.17, 15) is 4.79 Å². The maximum Gasteiger partial charge on any atom is 0.410 e. The number of likely N-dealkylation sites (tertiary alicyclic amines) is 1. The van der Waals surface area contributed by atoms with Crippen molar-refractivity contribution in [3.05, 3.63) is 35.4 Å². The molecule has 0 radical (unpaired) electrons. The lowest BCUT2D eigenvalue weighted by Crippen LogP contribution is -2.41. The van der Waals surface area contributed by atoms with E-state index in [2.05, 4.69) is 38.1 Å². The summed E-state index contributed by atoms with van der Waals surface area (Å²) in [6.45, 7) is 11.7. The van der Waals surface area contributed by atoms with E-state index >= 15 is 0 Å². The van der Waals surface area contributed by atoms with Gasteiger partial charge in [0, 0.05) is 13.1 Å². The van der Waals surface area contributed by atoms with Crippen LogP contribution in [-0.4, -0.2) is 29.7 Å². The Bertz CT molecular complexity index is 491. The van der Waals surface area contributed by atoms with E-state index in [1.54, 1.807) is 0 Å². The van der Waals surface area contributed by atoms with Crippen molar-refractivity contribution in [2.24, 2.45) is 0 Å². The van der Waals surface area contributed by atoms with Crippen molar-refractivity contribution in [1.29, 1.82) is 0 Å². The second kappa shape index (κ2) is 6.72. The van der Waals surface area contributed by atoms with Crippen molar-refractivity contribution < 1.29 is 9.53 Å². The minimum Gasteiger partial charge on any atom is -0.444 e. The molecule has 22 heavy (non-hydrogen) atoms. The van der Waals surface area contributed by atoms with Gasteiger partial charge in [0.1, 0.15) is 5.60 Å². The number of carbonyl (C=O) groups is 1. The van der Waals surface area contributed by atoms with Gasteiger partial charge in [0.15, 0.2) is 0 Å². The molecule has 3 heteroatoms. The quantitative estimate of drug-likeness (QED) is 0.775. The molecule has 0 aromatic heterocycles. The number of ether oxygens (including phenoxy) is 1. The second-order valence-electron chi connectivity index (χ2n) is 7.56. The molecule has 3 nitrogen and oxygen atoms in total. The van der Waals surface area contributed by atoms with Crippen LogP contribution in [0, 0.1) is 0 Å². The first-order chi connectivity index (χ1) is 10.3. The van der Waals surface area contributed by atoms with Crippen molar-refractivity contribution in [2.45, 2.75) is 64.9 Å².